The first kappa shape index (κ1) is 11.2. The van der Waals surface area contributed by atoms with E-state index in [1.807, 2.05) is 48.7 Å². The van der Waals surface area contributed by atoms with Gasteiger partial charge in [-0.3, -0.25) is 4.40 Å². The normalized spacial score (nSPS) is 14.4. The van der Waals surface area contributed by atoms with Gasteiger partial charge >= 0.3 is 0 Å². The van der Waals surface area contributed by atoms with Crippen LogP contribution in [0.15, 0.2) is 30.0 Å². The van der Waals surface area contributed by atoms with Crippen LogP contribution in [0.25, 0.3) is 11.7 Å². The van der Waals surface area contributed by atoms with Crippen molar-refractivity contribution in [1.29, 1.82) is 0 Å². The molecule has 0 bridgehead atoms. The summed E-state index contributed by atoms with van der Waals surface area (Å²) in [6.07, 6.45) is 3.92. The fourth-order valence-corrected chi connectivity index (χ4v) is 1.69. The van der Waals surface area contributed by atoms with Gasteiger partial charge in [-0.15, -0.1) is 0 Å². The number of halogens is 1. The van der Waals surface area contributed by atoms with Gasteiger partial charge in [0.2, 0.25) is 0 Å². The SMILES string of the molecule is C/C(=C\c1c(Cl)nc2ccccn12)C(C)N. The van der Waals surface area contributed by atoms with Crippen LogP contribution in [0, 0.1) is 0 Å². The van der Waals surface area contributed by atoms with Crippen LogP contribution in [0.5, 0.6) is 0 Å². The minimum Gasteiger partial charge on any atom is -0.324 e. The molecule has 0 saturated carbocycles. The zero-order valence-electron chi connectivity index (χ0n) is 9.31. The minimum absolute atomic E-state index is 0.0188. The van der Waals surface area contributed by atoms with Crippen molar-refractivity contribution in [2.24, 2.45) is 5.73 Å². The summed E-state index contributed by atoms with van der Waals surface area (Å²) in [6.45, 7) is 3.94. The van der Waals surface area contributed by atoms with Crippen molar-refractivity contribution in [3.05, 3.63) is 40.8 Å². The highest BCUT2D eigenvalue weighted by Gasteiger charge is 2.08. The van der Waals surface area contributed by atoms with Gasteiger partial charge < -0.3 is 5.73 Å². The summed E-state index contributed by atoms with van der Waals surface area (Å²) < 4.78 is 1.95. The van der Waals surface area contributed by atoms with Crippen molar-refractivity contribution in [3.63, 3.8) is 0 Å². The molecule has 0 saturated heterocycles. The van der Waals surface area contributed by atoms with E-state index >= 15 is 0 Å². The number of nitrogens with two attached hydrogens (primary N) is 1. The summed E-state index contributed by atoms with van der Waals surface area (Å²) in [5.41, 5.74) is 8.61. The zero-order valence-corrected chi connectivity index (χ0v) is 10.1. The third-order valence-corrected chi connectivity index (χ3v) is 2.88. The van der Waals surface area contributed by atoms with Gasteiger partial charge in [0, 0.05) is 12.2 Å². The average Bonchev–Trinajstić information content (AvgIpc) is 2.55. The lowest BCUT2D eigenvalue weighted by molar-refractivity contribution is 0.867. The molecule has 2 aromatic rings. The molecule has 0 fully saturated rings. The first-order valence-electron chi connectivity index (χ1n) is 5.16. The topological polar surface area (TPSA) is 43.3 Å². The van der Waals surface area contributed by atoms with E-state index < -0.39 is 0 Å². The van der Waals surface area contributed by atoms with E-state index in [4.69, 9.17) is 17.3 Å². The molecule has 0 aliphatic heterocycles. The van der Waals surface area contributed by atoms with Crippen LogP contribution in [0.3, 0.4) is 0 Å². The maximum absolute atomic E-state index is 6.10. The number of hydrogen-bond donors (Lipinski definition) is 1. The molecule has 2 N–H and O–H groups in total. The van der Waals surface area contributed by atoms with Crippen LogP contribution in [-0.4, -0.2) is 15.4 Å². The lowest BCUT2D eigenvalue weighted by Gasteiger charge is -2.05. The summed E-state index contributed by atoms with van der Waals surface area (Å²) in [7, 11) is 0. The van der Waals surface area contributed by atoms with Crippen molar-refractivity contribution >= 4 is 23.3 Å². The molecule has 16 heavy (non-hydrogen) atoms. The zero-order chi connectivity index (χ0) is 11.7. The predicted octanol–water partition coefficient (Wildman–Crippen LogP) is 2.74. The largest absolute Gasteiger partial charge is 0.324 e. The Hall–Kier alpha value is -1.32. The number of rotatable bonds is 2. The molecular formula is C12H14ClN3. The molecule has 2 heterocycles. The third kappa shape index (κ3) is 1.96. The highest BCUT2D eigenvalue weighted by Crippen LogP contribution is 2.20. The summed E-state index contributed by atoms with van der Waals surface area (Å²) in [5, 5.41) is 0.506. The molecule has 0 aliphatic rings. The van der Waals surface area contributed by atoms with Crippen molar-refractivity contribution in [2.75, 3.05) is 0 Å². The van der Waals surface area contributed by atoms with E-state index in [0.717, 1.165) is 16.9 Å². The van der Waals surface area contributed by atoms with Crippen LogP contribution in [0.4, 0.5) is 0 Å². The quantitative estimate of drug-likeness (QED) is 0.870. The molecule has 84 valence electrons. The van der Waals surface area contributed by atoms with Gasteiger partial charge in [-0.1, -0.05) is 23.2 Å². The third-order valence-electron chi connectivity index (χ3n) is 2.60. The predicted molar refractivity (Wildman–Crippen MR) is 67.5 cm³/mol. The molecular weight excluding hydrogens is 222 g/mol. The molecule has 3 nitrogen and oxygen atoms in total. The second-order valence-electron chi connectivity index (χ2n) is 3.89. The van der Waals surface area contributed by atoms with Crippen LogP contribution in [-0.2, 0) is 0 Å². The standard InChI is InChI=1S/C12H14ClN3/c1-8(9(2)14)7-10-12(13)15-11-5-3-4-6-16(10)11/h3-7,9H,14H2,1-2H3/b8-7+. The summed E-state index contributed by atoms with van der Waals surface area (Å²) in [5.74, 6) is 0. The summed E-state index contributed by atoms with van der Waals surface area (Å²) in [6, 6.07) is 5.82. The van der Waals surface area contributed by atoms with Crippen molar-refractivity contribution in [3.8, 4) is 0 Å². The molecule has 0 amide bonds. The monoisotopic (exact) mass is 235 g/mol. The van der Waals surface area contributed by atoms with Gasteiger partial charge in [-0.2, -0.15) is 0 Å². The van der Waals surface area contributed by atoms with Crippen LogP contribution >= 0.6 is 11.6 Å². The van der Waals surface area contributed by atoms with Crippen molar-refractivity contribution in [2.45, 2.75) is 19.9 Å². The van der Waals surface area contributed by atoms with Gasteiger partial charge in [0.25, 0.3) is 0 Å². The molecule has 0 radical (unpaired) electrons. The maximum Gasteiger partial charge on any atom is 0.155 e. The molecule has 1 unspecified atom stereocenters. The van der Waals surface area contributed by atoms with E-state index in [1.165, 1.54) is 0 Å². The number of imidazole rings is 1. The van der Waals surface area contributed by atoms with E-state index in [2.05, 4.69) is 4.98 Å². The Balaban J connectivity index is 2.60. The van der Waals surface area contributed by atoms with E-state index in [9.17, 15) is 0 Å². The van der Waals surface area contributed by atoms with Gasteiger partial charge in [0.1, 0.15) is 5.65 Å². The van der Waals surface area contributed by atoms with Crippen LogP contribution in [0.2, 0.25) is 5.15 Å². The van der Waals surface area contributed by atoms with Gasteiger partial charge in [-0.25, -0.2) is 4.98 Å². The Morgan fingerprint density at radius 3 is 3.00 bits per heavy atom. The second kappa shape index (κ2) is 4.28. The fraction of sp³-hybridized carbons (Fsp3) is 0.250. The highest BCUT2D eigenvalue weighted by molar-refractivity contribution is 6.31. The minimum atomic E-state index is 0.0188. The number of aromatic nitrogens is 2. The van der Waals surface area contributed by atoms with Crippen molar-refractivity contribution in [1.82, 2.24) is 9.38 Å². The average molecular weight is 236 g/mol. The number of hydrogen-bond acceptors (Lipinski definition) is 2. The van der Waals surface area contributed by atoms with E-state index in [1.54, 1.807) is 0 Å². The van der Waals surface area contributed by atoms with E-state index in [0.29, 0.717) is 5.15 Å². The van der Waals surface area contributed by atoms with Gasteiger partial charge in [0.05, 0.1) is 5.69 Å². The molecule has 2 aromatic heterocycles. The second-order valence-corrected chi connectivity index (χ2v) is 4.25. The highest BCUT2D eigenvalue weighted by atomic mass is 35.5. The van der Waals surface area contributed by atoms with Crippen molar-refractivity contribution < 1.29 is 0 Å². The van der Waals surface area contributed by atoms with Crippen LogP contribution in [0.1, 0.15) is 19.5 Å². The summed E-state index contributed by atoms with van der Waals surface area (Å²) >= 11 is 6.10. The number of nitrogens with zero attached hydrogens (tertiary/aromatic N) is 2. The molecule has 0 aliphatic carbocycles. The Morgan fingerprint density at radius 2 is 2.31 bits per heavy atom. The Morgan fingerprint density at radius 1 is 1.56 bits per heavy atom. The first-order chi connectivity index (χ1) is 7.59. The first-order valence-corrected chi connectivity index (χ1v) is 5.53. The molecule has 0 spiro atoms. The lowest BCUT2D eigenvalue weighted by Crippen LogP contribution is -2.15. The Kier molecular flexibility index (Phi) is 2.99. The molecule has 2 rings (SSSR count). The van der Waals surface area contributed by atoms with Gasteiger partial charge in [0.15, 0.2) is 5.15 Å². The molecule has 1 atom stereocenters. The number of fused-ring (bicyclic) bond motifs is 1. The van der Waals surface area contributed by atoms with E-state index in [-0.39, 0.29) is 6.04 Å². The summed E-state index contributed by atoms with van der Waals surface area (Å²) in [4.78, 5) is 4.27. The molecule has 4 heteroatoms. The number of pyridine rings is 1. The van der Waals surface area contributed by atoms with Gasteiger partial charge in [-0.05, 0) is 32.1 Å². The fourth-order valence-electron chi connectivity index (χ4n) is 1.46. The van der Waals surface area contributed by atoms with Crippen LogP contribution < -0.4 is 5.73 Å². The molecule has 0 aromatic carbocycles. The Bertz CT molecular complexity index is 540. The smallest absolute Gasteiger partial charge is 0.155 e. The Labute approximate surface area is 99.5 Å². The maximum atomic E-state index is 6.10. The lowest BCUT2D eigenvalue weighted by atomic mass is 10.1.